The Morgan fingerprint density at radius 1 is 1.16 bits per heavy atom. The summed E-state index contributed by atoms with van der Waals surface area (Å²) in [7, 11) is 5.76. The molecule has 3 nitrogen and oxygen atoms in total. The van der Waals surface area contributed by atoms with Crippen molar-refractivity contribution >= 4 is 5.78 Å². The van der Waals surface area contributed by atoms with Crippen LogP contribution in [-0.2, 0) is 0 Å². The molecule has 0 spiro atoms. The molecule has 0 aliphatic rings. The van der Waals surface area contributed by atoms with Gasteiger partial charge in [0.1, 0.15) is 11.6 Å². The van der Waals surface area contributed by atoms with Crippen LogP contribution in [0.4, 0.5) is 8.78 Å². The van der Waals surface area contributed by atoms with Gasteiger partial charge in [0, 0.05) is 0 Å². The summed E-state index contributed by atoms with van der Waals surface area (Å²) in [5.74, 6) is -1.67. The van der Waals surface area contributed by atoms with Gasteiger partial charge >= 0.3 is 0 Å². The number of likely N-dealkylation sites (N-methyl/N-ethyl adjacent to an activating group) is 1. The Morgan fingerprint density at radius 3 is 2.47 bits per heavy atom. The lowest BCUT2D eigenvalue weighted by Crippen LogP contribution is -2.29. The van der Waals surface area contributed by atoms with Gasteiger partial charge in [-0.25, -0.2) is 8.78 Å². The summed E-state index contributed by atoms with van der Waals surface area (Å²) in [4.78, 5) is 15.7. The number of halogens is 2. The van der Waals surface area contributed by atoms with Gasteiger partial charge in [-0.2, -0.15) is 0 Å². The van der Waals surface area contributed by atoms with Gasteiger partial charge in [0.2, 0.25) is 0 Å². The third-order valence-electron chi connectivity index (χ3n) is 2.79. The zero-order valence-corrected chi connectivity index (χ0v) is 11.6. The van der Waals surface area contributed by atoms with Crippen molar-refractivity contribution in [3.05, 3.63) is 35.4 Å². The molecule has 0 bridgehead atoms. The van der Waals surface area contributed by atoms with Crippen molar-refractivity contribution in [3.8, 4) is 0 Å². The first-order valence-corrected chi connectivity index (χ1v) is 6.21. The highest BCUT2D eigenvalue weighted by atomic mass is 19.1. The topological polar surface area (TPSA) is 23.6 Å². The highest BCUT2D eigenvalue weighted by Gasteiger charge is 2.14. The maximum Gasteiger partial charge on any atom is 0.179 e. The van der Waals surface area contributed by atoms with E-state index in [1.165, 1.54) is 0 Å². The molecule has 1 aromatic rings. The van der Waals surface area contributed by atoms with Gasteiger partial charge in [-0.05, 0) is 58.9 Å². The molecule has 0 saturated carbocycles. The van der Waals surface area contributed by atoms with Crippen LogP contribution in [0.3, 0.4) is 0 Å². The van der Waals surface area contributed by atoms with Crippen LogP contribution in [0.1, 0.15) is 16.8 Å². The molecular weight excluding hydrogens is 250 g/mol. The van der Waals surface area contributed by atoms with Crippen molar-refractivity contribution in [2.24, 2.45) is 0 Å². The molecule has 0 heterocycles. The minimum atomic E-state index is -0.673. The third kappa shape index (κ3) is 5.44. The zero-order valence-electron chi connectivity index (χ0n) is 11.6. The molecule has 0 aliphatic heterocycles. The average Bonchev–Trinajstić information content (AvgIpc) is 2.31. The number of carbonyl (C=O) groups excluding carboxylic acids is 1. The molecule has 0 fully saturated rings. The van der Waals surface area contributed by atoms with Gasteiger partial charge in [-0.3, -0.25) is 9.69 Å². The Hall–Kier alpha value is -1.33. The number of Topliss-reactive ketones (excluding diaryl/α,β-unsaturated/α-hetero) is 1. The Kier molecular flexibility index (Phi) is 6.05. The third-order valence-corrected chi connectivity index (χ3v) is 2.79. The van der Waals surface area contributed by atoms with E-state index in [0.29, 0.717) is 0 Å². The number of carbonyl (C=O) groups is 1. The van der Waals surface area contributed by atoms with Crippen molar-refractivity contribution in [2.75, 3.05) is 40.8 Å². The van der Waals surface area contributed by atoms with Crippen LogP contribution < -0.4 is 0 Å². The molecule has 0 saturated heterocycles. The molecule has 106 valence electrons. The van der Waals surface area contributed by atoms with Crippen molar-refractivity contribution in [2.45, 2.75) is 6.42 Å². The Balaban J connectivity index is 2.52. The standard InChI is InChI=1S/C14H20F2N2O/c1-17(2)7-4-8-18(3)10-14(19)12-9-11(15)5-6-13(12)16/h5-6,9H,4,7-8,10H2,1-3H3. The number of hydrogen-bond acceptors (Lipinski definition) is 3. The van der Waals surface area contributed by atoms with Gasteiger partial charge in [-0.1, -0.05) is 0 Å². The SMILES string of the molecule is CN(C)CCCN(C)CC(=O)c1cc(F)ccc1F. The lowest BCUT2D eigenvalue weighted by molar-refractivity contribution is 0.0940. The molecule has 1 aromatic carbocycles. The smallest absolute Gasteiger partial charge is 0.179 e. The molecule has 1 rings (SSSR count). The molecule has 0 aromatic heterocycles. The second-order valence-corrected chi connectivity index (χ2v) is 4.94. The molecule has 19 heavy (non-hydrogen) atoms. The van der Waals surface area contributed by atoms with E-state index >= 15 is 0 Å². The van der Waals surface area contributed by atoms with Crippen molar-refractivity contribution in [3.63, 3.8) is 0 Å². The largest absolute Gasteiger partial charge is 0.309 e. The lowest BCUT2D eigenvalue weighted by atomic mass is 10.1. The minimum Gasteiger partial charge on any atom is -0.309 e. The number of rotatable bonds is 7. The fourth-order valence-electron chi connectivity index (χ4n) is 1.78. The van der Waals surface area contributed by atoms with Crippen LogP contribution in [0.2, 0.25) is 0 Å². The van der Waals surface area contributed by atoms with Crippen molar-refractivity contribution < 1.29 is 13.6 Å². The van der Waals surface area contributed by atoms with E-state index in [1.54, 1.807) is 7.05 Å². The Labute approximate surface area is 112 Å². The van der Waals surface area contributed by atoms with Crippen LogP contribution >= 0.6 is 0 Å². The van der Waals surface area contributed by atoms with E-state index < -0.39 is 17.4 Å². The van der Waals surface area contributed by atoms with Gasteiger partial charge in [0.15, 0.2) is 5.78 Å². The minimum absolute atomic E-state index is 0.0911. The Morgan fingerprint density at radius 2 is 1.84 bits per heavy atom. The first-order valence-electron chi connectivity index (χ1n) is 6.21. The number of nitrogens with zero attached hydrogens (tertiary/aromatic N) is 2. The molecule has 0 N–H and O–H groups in total. The van der Waals surface area contributed by atoms with E-state index in [4.69, 9.17) is 0 Å². The van der Waals surface area contributed by atoms with E-state index in [-0.39, 0.29) is 12.1 Å². The van der Waals surface area contributed by atoms with Crippen molar-refractivity contribution in [1.29, 1.82) is 0 Å². The second-order valence-electron chi connectivity index (χ2n) is 4.94. The predicted molar refractivity (Wildman–Crippen MR) is 71.4 cm³/mol. The van der Waals surface area contributed by atoms with Crippen LogP contribution in [0, 0.1) is 11.6 Å². The summed E-state index contributed by atoms with van der Waals surface area (Å²) in [5.41, 5.74) is -0.181. The molecular formula is C14H20F2N2O. The number of ketones is 1. The normalized spacial score (nSPS) is 11.3. The summed E-state index contributed by atoms with van der Waals surface area (Å²) in [6.07, 6.45) is 0.919. The van der Waals surface area contributed by atoms with E-state index in [2.05, 4.69) is 4.90 Å². The number of hydrogen-bond donors (Lipinski definition) is 0. The maximum absolute atomic E-state index is 13.4. The molecule has 0 atom stereocenters. The monoisotopic (exact) mass is 270 g/mol. The van der Waals surface area contributed by atoms with E-state index in [0.717, 1.165) is 37.7 Å². The summed E-state index contributed by atoms with van der Waals surface area (Å²) < 4.78 is 26.4. The Bertz CT molecular complexity index is 435. The van der Waals surface area contributed by atoms with Crippen LogP contribution in [0.25, 0.3) is 0 Å². The van der Waals surface area contributed by atoms with Gasteiger partial charge in [0.05, 0.1) is 12.1 Å². The highest BCUT2D eigenvalue weighted by molar-refractivity contribution is 5.97. The zero-order chi connectivity index (χ0) is 14.4. The second kappa shape index (κ2) is 7.31. The average molecular weight is 270 g/mol. The lowest BCUT2D eigenvalue weighted by Gasteiger charge is -2.17. The first-order chi connectivity index (χ1) is 8.90. The quantitative estimate of drug-likeness (QED) is 0.708. The van der Waals surface area contributed by atoms with E-state index in [9.17, 15) is 13.6 Å². The van der Waals surface area contributed by atoms with E-state index in [1.807, 2.05) is 19.0 Å². The summed E-state index contributed by atoms with van der Waals surface area (Å²) in [5, 5.41) is 0. The summed E-state index contributed by atoms with van der Waals surface area (Å²) in [6, 6.07) is 2.94. The summed E-state index contributed by atoms with van der Waals surface area (Å²) >= 11 is 0. The van der Waals surface area contributed by atoms with Gasteiger partial charge in [0.25, 0.3) is 0 Å². The predicted octanol–water partition coefficient (Wildman–Crippen LogP) is 2.03. The van der Waals surface area contributed by atoms with Gasteiger partial charge < -0.3 is 4.90 Å². The first kappa shape index (κ1) is 15.7. The van der Waals surface area contributed by atoms with Crippen molar-refractivity contribution in [1.82, 2.24) is 9.80 Å². The van der Waals surface area contributed by atoms with Crippen LogP contribution in [0.5, 0.6) is 0 Å². The van der Waals surface area contributed by atoms with Crippen LogP contribution in [0.15, 0.2) is 18.2 Å². The molecule has 0 amide bonds. The fourth-order valence-corrected chi connectivity index (χ4v) is 1.78. The van der Waals surface area contributed by atoms with Gasteiger partial charge in [-0.15, -0.1) is 0 Å². The molecule has 5 heteroatoms. The molecule has 0 unspecified atom stereocenters. The highest BCUT2D eigenvalue weighted by Crippen LogP contribution is 2.11. The fraction of sp³-hybridized carbons (Fsp3) is 0.500. The summed E-state index contributed by atoms with van der Waals surface area (Å²) in [6.45, 7) is 1.75. The molecule has 0 aliphatic carbocycles. The maximum atomic E-state index is 13.4. The number of benzene rings is 1. The molecule has 0 radical (unpaired) electrons. The van der Waals surface area contributed by atoms with Crippen LogP contribution in [-0.4, -0.2) is 56.4 Å².